The molecule has 3 aromatic heterocycles. The van der Waals surface area contributed by atoms with Crippen LogP contribution >= 0.6 is 22.9 Å². The number of nitrogens with zero attached hydrogens (tertiary/aromatic N) is 4. The molecule has 3 fully saturated rings. The Kier molecular flexibility index (Phi) is 8.33. The van der Waals surface area contributed by atoms with Gasteiger partial charge in [0.15, 0.2) is 0 Å². The molecular weight excluding hydrogens is 643 g/mol. The van der Waals surface area contributed by atoms with Gasteiger partial charge in [-0.2, -0.15) is 18.4 Å². The molecule has 2 aliphatic heterocycles. The molecule has 3 aliphatic rings. The summed E-state index contributed by atoms with van der Waals surface area (Å²) in [6, 6.07) is 12.7. The summed E-state index contributed by atoms with van der Waals surface area (Å²) in [5, 5.41) is 22.3. The number of carboxylic acid groups (broad SMARTS) is 1. The number of aliphatic carboxylic acids is 1. The number of carboxylic acids is 1. The number of alkyl halides is 3. The zero-order valence-corrected chi connectivity index (χ0v) is 26.1. The van der Waals surface area contributed by atoms with Gasteiger partial charge in [0.1, 0.15) is 0 Å². The summed E-state index contributed by atoms with van der Waals surface area (Å²) in [7, 11) is 0. The maximum absolute atomic E-state index is 13.1. The molecule has 0 radical (unpaired) electrons. The molecule has 2 saturated heterocycles. The minimum Gasteiger partial charge on any atom is -0.475 e. The van der Waals surface area contributed by atoms with Crippen molar-refractivity contribution < 1.29 is 32.7 Å². The van der Waals surface area contributed by atoms with Crippen LogP contribution < -0.4 is 5.32 Å². The average Bonchev–Trinajstić information content (AvgIpc) is 3.67. The molecule has 9 nitrogen and oxygen atoms in total. The average molecular weight is 672 g/mol. The molecule has 0 unspecified atom stereocenters. The van der Waals surface area contributed by atoms with Crippen LogP contribution in [0.1, 0.15) is 43.4 Å². The number of fused-ring (bicyclic) bond motifs is 2. The van der Waals surface area contributed by atoms with Crippen LogP contribution in [0.15, 0.2) is 42.7 Å². The number of carbonyl (C=O) groups excluding carboxylic acids is 2. The summed E-state index contributed by atoms with van der Waals surface area (Å²) >= 11 is 8.19. The van der Waals surface area contributed by atoms with Gasteiger partial charge < -0.3 is 15.0 Å². The van der Waals surface area contributed by atoms with Gasteiger partial charge in [0.05, 0.1) is 39.2 Å². The van der Waals surface area contributed by atoms with Crippen molar-refractivity contribution in [3.05, 3.63) is 52.6 Å². The number of hydrogen-bond donors (Lipinski definition) is 2. The number of nitriles is 1. The van der Waals surface area contributed by atoms with E-state index < -0.39 is 23.0 Å². The Labute approximate surface area is 270 Å². The van der Waals surface area contributed by atoms with E-state index in [1.165, 1.54) is 4.90 Å². The van der Waals surface area contributed by atoms with Crippen molar-refractivity contribution in [1.29, 1.82) is 5.26 Å². The molecule has 1 aliphatic carbocycles. The van der Waals surface area contributed by atoms with Crippen molar-refractivity contribution in [3.63, 3.8) is 0 Å². The quantitative estimate of drug-likeness (QED) is 0.231. The van der Waals surface area contributed by atoms with Gasteiger partial charge in [0.25, 0.3) is 0 Å². The van der Waals surface area contributed by atoms with Crippen LogP contribution in [-0.2, 0) is 27.5 Å². The Hall–Kier alpha value is -3.99. The van der Waals surface area contributed by atoms with Crippen LogP contribution in [0.3, 0.4) is 0 Å². The molecule has 1 saturated carbocycles. The molecule has 4 aromatic rings. The minimum absolute atomic E-state index is 0.0110. The maximum atomic E-state index is 13.1. The summed E-state index contributed by atoms with van der Waals surface area (Å²) < 4.78 is 34.9. The first-order chi connectivity index (χ1) is 21.8. The number of halogens is 4. The second kappa shape index (κ2) is 12.0. The lowest BCUT2D eigenvalue weighted by Crippen LogP contribution is -2.39. The Morgan fingerprint density at radius 3 is 2.46 bits per heavy atom. The lowest BCUT2D eigenvalue weighted by molar-refractivity contribution is -0.192. The summed E-state index contributed by atoms with van der Waals surface area (Å²) in [6.45, 7) is 2.60. The number of amides is 2. The van der Waals surface area contributed by atoms with E-state index in [9.17, 15) is 28.0 Å². The van der Waals surface area contributed by atoms with Gasteiger partial charge in [0.2, 0.25) is 11.8 Å². The summed E-state index contributed by atoms with van der Waals surface area (Å²) in [5.74, 6) is -2.83. The second-order valence-electron chi connectivity index (χ2n) is 12.2. The Bertz CT molecular complexity index is 1900. The zero-order valence-electron chi connectivity index (χ0n) is 24.5. The monoisotopic (exact) mass is 671 g/mol. The summed E-state index contributed by atoms with van der Waals surface area (Å²) in [6.07, 6.45) is 3.41. The fourth-order valence-corrected chi connectivity index (χ4v) is 7.99. The molecule has 0 atom stereocenters. The van der Waals surface area contributed by atoms with Crippen molar-refractivity contribution >= 4 is 61.8 Å². The van der Waals surface area contributed by atoms with E-state index in [0.717, 1.165) is 82.3 Å². The maximum Gasteiger partial charge on any atom is 0.490 e. The minimum atomic E-state index is -5.08. The molecule has 2 amide bonds. The van der Waals surface area contributed by atoms with Gasteiger partial charge >= 0.3 is 12.1 Å². The van der Waals surface area contributed by atoms with Crippen LogP contribution in [0.2, 0.25) is 5.02 Å². The number of hydrogen-bond acceptors (Lipinski definition) is 7. The number of rotatable bonds is 5. The van der Waals surface area contributed by atoms with Gasteiger partial charge in [-0.3, -0.25) is 19.5 Å². The highest BCUT2D eigenvalue weighted by atomic mass is 35.5. The molecule has 1 aromatic carbocycles. The number of nitrogens with one attached hydrogen (secondary N) is 1. The number of piperidine rings is 1. The Balaban J connectivity index is 0.000000480. The number of thiophene rings is 1. The van der Waals surface area contributed by atoms with E-state index in [2.05, 4.69) is 33.2 Å². The lowest BCUT2D eigenvalue weighted by Gasteiger charge is -2.35. The zero-order chi connectivity index (χ0) is 32.9. The highest BCUT2D eigenvalue weighted by Gasteiger charge is 2.54. The molecule has 5 heterocycles. The van der Waals surface area contributed by atoms with Crippen molar-refractivity contribution in [2.75, 3.05) is 13.1 Å². The molecule has 2 N–H and O–H groups in total. The largest absolute Gasteiger partial charge is 0.490 e. The predicted molar refractivity (Wildman–Crippen MR) is 166 cm³/mol. The van der Waals surface area contributed by atoms with E-state index >= 15 is 0 Å². The second-order valence-corrected chi connectivity index (χ2v) is 13.7. The molecule has 240 valence electrons. The third-order valence-corrected chi connectivity index (χ3v) is 10.6. The van der Waals surface area contributed by atoms with Gasteiger partial charge in [0, 0.05) is 51.8 Å². The van der Waals surface area contributed by atoms with Gasteiger partial charge in [-0.05, 0) is 69.1 Å². The number of aromatic nitrogens is 2. The predicted octanol–water partition coefficient (Wildman–Crippen LogP) is 6.53. The van der Waals surface area contributed by atoms with Crippen LogP contribution in [0.25, 0.3) is 32.2 Å². The van der Waals surface area contributed by atoms with E-state index in [4.69, 9.17) is 21.5 Å². The van der Waals surface area contributed by atoms with Gasteiger partial charge in [-0.25, -0.2) is 4.79 Å². The molecule has 1 spiro atoms. The number of carbonyl (C=O) groups is 3. The van der Waals surface area contributed by atoms with Gasteiger partial charge in [-0.1, -0.05) is 18.0 Å². The first-order valence-electron chi connectivity index (χ1n) is 14.8. The van der Waals surface area contributed by atoms with Gasteiger partial charge in [-0.15, -0.1) is 11.3 Å². The topological polar surface area (TPSA) is 128 Å². The lowest BCUT2D eigenvalue weighted by atomic mass is 9.68. The fourth-order valence-electron chi connectivity index (χ4n) is 6.63. The van der Waals surface area contributed by atoms with E-state index in [1.54, 1.807) is 17.5 Å². The number of imide groups is 1. The Morgan fingerprint density at radius 1 is 1.13 bits per heavy atom. The number of benzene rings is 1. The van der Waals surface area contributed by atoms with E-state index in [0.29, 0.717) is 24.5 Å². The standard InChI is InChI=1S/C30H28ClN5O2S.C2HF3O2/c31-20-12-19-3-11-35(18-29(17-32)6-9-33-10-7-29)26(19)23(13-20)22-2-8-34-24-14-21(39-27(22)24)16-36-25(37)15-30(28(36)38)4-1-5-30;3-2(4,5)1(6)7/h2-3,8,11-14,33H,1,4-7,9-10,15-16,18H2;(H,6,7). The molecular formula is C32H29ClF3N5O4S. The number of likely N-dealkylation sites (tertiary alicyclic amines) is 1. The highest BCUT2D eigenvalue weighted by Crippen LogP contribution is 2.50. The van der Waals surface area contributed by atoms with E-state index in [1.807, 2.05) is 24.3 Å². The molecule has 0 bridgehead atoms. The first-order valence-corrected chi connectivity index (χ1v) is 16.0. The smallest absolute Gasteiger partial charge is 0.475 e. The van der Waals surface area contributed by atoms with Crippen molar-refractivity contribution in [1.82, 2.24) is 19.8 Å². The first kappa shape index (κ1) is 32.0. The van der Waals surface area contributed by atoms with Crippen molar-refractivity contribution in [2.24, 2.45) is 10.8 Å². The summed E-state index contributed by atoms with van der Waals surface area (Å²) in [5.41, 5.74) is 3.03. The van der Waals surface area contributed by atoms with Crippen molar-refractivity contribution in [3.8, 4) is 17.2 Å². The van der Waals surface area contributed by atoms with E-state index in [-0.39, 0.29) is 11.8 Å². The molecule has 46 heavy (non-hydrogen) atoms. The third-order valence-electron chi connectivity index (χ3n) is 9.21. The number of pyridine rings is 1. The van der Waals surface area contributed by atoms with Crippen molar-refractivity contribution in [2.45, 2.75) is 57.8 Å². The summed E-state index contributed by atoms with van der Waals surface area (Å²) in [4.78, 5) is 41.7. The normalized spacial score (nSPS) is 18.8. The SMILES string of the molecule is N#CC1(Cn2ccc3cc(Cl)cc(-c4ccnc5cc(CN6C(=O)CC7(CCC7)C6=O)sc45)c32)CCNCC1.O=C(O)C(F)(F)F. The molecule has 14 heteroatoms. The Morgan fingerprint density at radius 2 is 1.85 bits per heavy atom. The highest BCUT2D eigenvalue weighted by molar-refractivity contribution is 7.19. The molecule has 7 rings (SSSR count). The third kappa shape index (κ3) is 5.85. The van der Waals surface area contributed by atoms with Crippen LogP contribution in [0, 0.1) is 22.2 Å². The van der Waals surface area contributed by atoms with Crippen LogP contribution in [-0.4, -0.2) is 56.6 Å². The fraction of sp³-hybridized carbons (Fsp3) is 0.406. The van der Waals surface area contributed by atoms with Crippen LogP contribution in [0.4, 0.5) is 13.2 Å². The van der Waals surface area contributed by atoms with Crippen LogP contribution in [0.5, 0.6) is 0 Å².